The molecule has 0 aromatic carbocycles. The van der Waals surface area contributed by atoms with E-state index in [4.69, 9.17) is 4.74 Å². The van der Waals surface area contributed by atoms with E-state index in [1.807, 2.05) is 19.1 Å². The lowest BCUT2D eigenvalue weighted by Gasteiger charge is -2.30. The highest BCUT2D eigenvalue weighted by atomic mass is 32.1. The maximum absolute atomic E-state index is 12.4. The summed E-state index contributed by atoms with van der Waals surface area (Å²) in [5.41, 5.74) is 0.766. The number of rotatable bonds is 5. The Hall–Kier alpha value is -2.49. The minimum Gasteiger partial charge on any atom is -0.381 e. The number of likely N-dealkylation sites (tertiary alicyclic amines) is 1. The third-order valence-electron chi connectivity index (χ3n) is 4.85. The molecule has 4 rings (SSSR count). The number of carbonyl (C=O) groups excluding carboxylic acids is 1. The van der Waals surface area contributed by atoms with Crippen molar-refractivity contribution in [3.05, 3.63) is 29.5 Å². The third-order valence-corrected chi connectivity index (χ3v) is 5.71. The van der Waals surface area contributed by atoms with Crippen LogP contribution in [0, 0.1) is 6.92 Å². The van der Waals surface area contributed by atoms with Crippen LogP contribution in [0.1, 0.15) is 17.8 Å². The Balaban J connectivity index is 1.44. The zero-order valence-electron chi connectivity index (χ0n) is 15.9. The molecule has 4 heterocycles. The van der Waals surface area contributed by atoms with Gasteiger partial charge in [-0.2, -0.15) is 0 Å². The van der Waals surface area contributed by atoms with E-state index in [1.54, 1.807) is 19.5 Å². The van der Waals surface area contributed by atoms with Gasteiger partial charge in [0.2, 0.25) is 5.91 Å². The topological polar surface area (TPSA) is 93.1 Å². The summed E-state index contributed by atoms with van der Waals surface area (Å²) in [5, 5.41) is 14.6. The van der Waals surface area contributed by atoms with E-state index in [0.29, 0.717) is 18.5 Å². The summed E-state index contributed by atoms with van der Waals surface area (Å²) < 4.78 is 5.37. The first-order valence-corrected chi connectivity index (χ1v) is 10.0. The SMILES string of the molecule is COC1CCN(CC(=O)Nc2cc3cc(-c4nnc(C)s4)ncc3cn2)CC1. The molecule has 1 saturated heterocycles. The quantitative estimate of drug-likeness (QED) is 0.706. The van der Waals surface area contributed by atoms with Crippen molar-refractivity contribution in [2.75, 3.05) is 32.1 Å². The van der Waals surface area contributed by atoms with Gasteiger partial charge in [-0.1, -0.05) is 11.3 Å². The highest BCUT2D eigenvalue weighted by molar-refractivity contribution is 7.14. The van der Waals surface area contributed by atoms with Crippen LogP contribution in [0.3, 0.4) is 0 Å². The summed E-state index contributed by atoms with van der Waals surface area (Å²) >= 11 is 1.50. The van der Waals surface area contributed by atoms with Crippen LogP contribution in [0.2, 0.25) is 0 Å². The predicted octanol–water partition coefficient (Wildman–Crippen LogP) is 2.51. The van der Waals surface area contributed by atoms with Gasteiger partial charge in [0.25, 0.3) is 0 Å². The van der Waals surface area contributed by atoms with Crippen molar-refractivity contribution in [3.8, 4) is 10.7 Å². The van der Waals surface area contributed by atoms with Crippen LogP contribution in [0.4, 0.5) is 5.82 Å². The molecule has 0 atom stereocenters. The first-order chi connectivity index (χ1) is 13.6. The van der Waals surface area contributed by atoms with Crippen molar-refractivity contribution >= 4 is 33.8 Å². The van der Waals surface area contributed by atoms with Gasteiger partial charge in [-0.3, -0.25) is 14.7 Å². The van der Waals surface area contributed by atoms with Crippen LogP contribution in [0.25, 0.3) is 21.5 Å². The molecule has 8 nitrogen and oxygen atoms in total. The zero-order chi connectivity index (χ0) is 19.5. The van der Waals surface area contributed by atoms with Crippen molar-refractivity contribution < 1.29 is 9.53 Å². The number of aryl methyl sites for hydroxylation is 1. The van der Waals surface area contributed by atoms with Crippen LogP contribution < -0.4 is 5.32 Å². The molecule has 146 valence electrons. The van der Waals surface area contributed by atoms with Crippen molar-refractivity contribution in [2.45, 2.75) is 25.9 Å². The lowest BCUT2D eigenvalue weighted by Crippen LogP contribution is -2.41. The summed E-state index contributed by atoms with van der Waals surface area (Å²) in [7, 11) is 1.74. The van der Waals surface area contributed by atoms with Gasteiger partial charge in [0, 0.05) is 38.0 Å². The molecule has 1 amide bonds. The molecule has 28 heavy (non-hydrogen) atoms. The third kappa shape index (κ3) is 4.32. The molecule has 0 aliphatic carbocycles. The van der Waals surface area contributed by atoms with Gasteiger partial charge in [-0.15, -0.1) is 10.2 Å². The van der Waals surface area contributed by atoms with E-state index < -0.39 is 0 Å². The number of pyridine rings is 2. The van der Waals surface area contributed by atoms with E-state index in [2.05, 4.69) is 30.4 Å². The molecule has 0 radical (unpaired) electrons. The summed E-state index contributed by atoms with van der Waals surface area (Å²) in [6.07, 6.45) is 5.70. The number of hydrogen-bond donors (Lipinski definition) is 1. The normalized spacial score (nSPS) is 15.8. The molecular weight excluding hydrogens is 376 g/mol. The predicted molar refractivity (Wildman–Crippen MR) is 108 cm³/mol. The minimum absolute atomic E-state index is 0.0586. The van der Waals surface area contributed by atoms with E-state index in [9.17, 15) is 4.79 Å². The Morgan fingerprint density at radius 2 is 2.00 bits per heavy atom. The van der Waals surface area contributed by atoms with E-state index in [0.717, 1.165) is 52.4 Å². The monoisotopic (exact) mass is 398 g/mol. The fraction of sp³-hybridized carbons (Fsp3) is 0.421. The van der Waals surface area contributed by atoms with Crippen LogP contribution in [-0.4, -0.2) is 63.8 Å². The summed E-state index contributed by atoms with van der Waals surface area (Å²) in [5.74, 6) is 0.478. The maximum Gasteiger partial charge on any atom is 0.239 e. The molecule has 9 heteroatoms. The molecule has 1 aliphatic rings. The molecule has 0 spiro atoms. The lowest BCUT2D eigenvalue weighted by molar-refractivity contribution is -0.117. The molecule has 3 aromatic heterocycles. The molecule has 1 N–H and O–H groups in total. The average Bonchev–Trinajstić information content (AvgIpc) is 3.14. The number of nitrogens with one attached hydrogen (secondary N) is 1. The number of ether oxygens (including phenoxy) is 1. The van der Waals surface area contributed by atoms with Gasteiger partial charge in [0.05, 0.1) is 12.6 Å². The molecule has 0 unspecified atom stereocenters. The number of fused-ring (bicyclic) bond motifs is 1. The zero-order valence-corrected chi connectivity index (χ0v) is 16.7. The van der Waals surface area contributed by atoms with Gasteiger partial charge >= 0.3 is 0 Å². The average molecular weight is 398 g/mol. The van der Waals surface area contributed by atoms with Gasteiger partial charge in [-0.05, 0) is 37.3 Å². The Morgan fingerprint density at radius 3 is 2.71 bits per heavy atom. The first-order valence-electron chi connectivity index (χ1n) is 9.22. The van der Waals surface area contributed by atoms with Crippen LogP contribution in [0.15, 0.2) is 24.5 Å². The summed E-state index contributed by atoms with van der Waals surface area (Å²) in [6.45, 7) is 4.01. The number of methoxy groups -OCH3 is 1. The fourth-order valence-corrected chi connectivity index (χ4v) is 3.97. The van der Waals surface area contributed by atoms with Crippen LogP contribution >= 0.6 is 11.3 Å². The second kappa shape index (κ2) is 8.26. The number of aromatic nitrogens is 4. The van der Waals surface area contributed by atoms with Gasteiger partial charge < -0.3 is 10.1 Å². The highest BCUT2D eigenvalue weighted by Gasteiger charge is 2.20. The summed E-state index contributed by atoms with van der Waals surface area (Å²) in [4.78, 5) is 23.3. The van der Waals surface area contributed by atoms with Crippen molar-refractivity contribution in [3.63, 3.8) is 0 Å². The van der Waals surface area contributed by atoms with Crippen molar-refractivity contribution in [2.24, 2.45) is 0 Å². The summed E-state index contributed by atoms with van der Waals surface area (Å²) in [6, 6.07) is 3.81. The highest BCUT2D eigenvalue weighted by Crippen LogP contribution is 2.25. The number of carbonyl (C=O) groups is 1. The van der Waals surface area contributed by atoms with Crippen molar-refractivity contribution in [1.29, 1.82) is 0 Å². The van der Waals surface area contributed by atoms with E-state index in [-0.39, 0.29) is 5.91 Å². The molecule has 3 aromatic rings. The van der Waals surface area contributed by atoms with Crippen LogP contribution in [0.5, 0.6) is 0 Å². The molecular formula is C19H22N6O2S. The number of piperidine rings is 1. The second-order valence-electron chi connectivity index (χ2n) is 6.87. The Bertz CT molecular complexity index is 983. The number of amides is 1. The fourth-order valence-electron chi connectivity index (χ4n) is 3.31. The standard InChI is InChI=1S/C19H22N6O2S/c1-12-23-24-19(28-12)16-7-13-8-17(21-10-14(13)9-20-16)22-18(26)11-25-5-3-15(27-2)4-6-25/h7-10,15H,3-6,11H2,1-2H3,(H,21,22,26). The van der Waals surface area contributed by atoms with E-state index in [1.165, 1.54) is 11.3 Å². The van der Waals surface area contributed by atoms with Gasteiger partial charge in [0.15, 0.2) is 5.01 Å². The minimum atomic E-state index is -0.0586. The molecule has 0 bridgehead atoms. The number of nitrogens with zero attached hydrogens (tertiary/aromatic N) is 5. The maximum atomic E-state index is 12.4. The molecule has 0 saturated carbocycles. The van der Waals surface area contributed by atoms with Crippen LogP contribution in [-0.2, 0) is 9.53 Å². The molecule has 1 aliphatic heterocycles. The Morgan fingerprint density at radius 1 is 1.21 bits per heavy atom. The van der Waals surface area contributed by atoms with E-state index >= 15 is 0 Å². The Kier molecular flexibility index (Phi) is 5.56. The Labute approximate surface area is 167 Å². The number of hydrogen-bond acceptors (Lipinski definition) is 8. The first kappa shape index (κ1) is 18.9. The molecule has 1 fully saturated rings. The second-order valence-corrected chi connectivity index (χ2v) is 8.05. The largest absolute Gasteiger partial charge is 0.381 e. The lowest BCUT2D eigenvalue weighted by atomic mass is 10.1. The smallest absolute Gasteiger partial charge is 0.239 e. The van der Waals surface area contributed by atoms with Crippen molar-refractivity contribution in [1.82, 2.24) is 25.1 Å². The van der Waals surface area contributed by atoms with Gasteiger partial charge in [0.1, 0.15) is 16.5 Å². The van der Waals surface area contributed by atoms with Gasteiger partial charge in [-0.25, -0.2) is 4.98 Å². The number of anilines is 1.